The number of amides is 1. The molecule has 8 heteroatoms. The van der Waals surface area contributed by atoms with E-state index in [0.717, 1.165) is 4.88 Å². The van der Waals surface area contributed by atoms with Crippen LogP contribution in [0.5, 0.6) is 0 Å². The predicted molar refractivity (Wildman–Crippen MR) is 81.4 cm³/mol. The second-order valence-electron chi connectivity index (χ2n) is 4.94. The molecule has 2 aliphatic heterocycles. The van der Waals surface area contributed by atoms with E-state index in [0.29, 0.717) is 11.3 Å². The van der Waals surface area contributed by atoms with Gasteiger partial charge < -0.3 is 9.84 Å². The number of esters is 1. The number of hydrogen-bond donors (Lipinski definition) is 1. The number of thioether (sulfide) groups is 1. The molecule has 0 radical (unpaired) electrons. The molecule has 116 valence electrons. The highest BCUT2D eigenvalue weighted by Gasteiger charge is 2.54. The summed E-state index contributed by atoms with van der Waals surface area (Å²) in [6.07, 6.45) is 0. The molecule has 1 fully saturated rings. The fourth-order valence-corrected chi connectivity index (χ4v) is 4.92. The molecule has 1 aromatic rings. The van der Waals surface area contributed by atoms with Crippen molar-refractivity contribution in [2.75, 3.05) is 12.4 Å². The lowest BCUT2D eigenvalue weighted by molar-refractivity contribution is -0.148. The first-order valence-electron chi connectivity index (χ1n) is 6.57. The summed E-state index contributed by atoms with van der Waals surface area (Å²) < 4.78 is 4.89. The SMILES string of the molecule is CC(=O)OCC1=C(C(=O)O)N2C(=O)[C@@H](c3cccs3)[C@H]2SC1. The van der Waals surface area contributed by atoms with E-state index in [2.05, 4.69) is 0 Å². The summed E-state index contributed by atoms with van der Waals surface area (Å²) in [5.41, 5.74) is 0.421. The normalized spacial score (nSPS) is 23.9. The van der Waals surface area contributed by atoms with Gasteiger partial charge in [0.25, 0.3) is 0 Å². The van der Waals surface area contributed by atoms with Crippen LogP contribution in [0.15, 0.2) is 28.8 Å². The molecule has 1 aromatic heterocycles. The van der Waals surface area contributed by atoms with Gasteiger partial charge in [-0.05, 0) is 11.4 Å². The maximum absolute atomic E-state index is 12.4. The molecule has 0 aromatic carbocycles. The van der Waals surface area contributed by atoms with Crippen LogP contribution in [0.4, 0.5) is 0 Å². The Morgan fingerprint density at radius 2 is 2.27 bits per heavy atom. The first-order chi connectivity index (χ1) is 10.5. The fraction of sp³-hybridized carbons (Fsp3) is 0.357. The van der Waals surface area contributed by atoms with Crippen molar-refractivity contribution in [3.63, 3.8) is 0 Å². The Balaban J connectivity index is 1.88. The number of thiophene rings is 1. The standard InChI is InChI=1S/C14H13NO5S2/c1-7(16)20-5-8-6-22-13-10(9-3-2-4-21-9)12(17)15(13)11(8)14(18)19/h2-4,10,13H,5-6H2,1H3,(H,18,19)/t10-,13-/m1/s1. The van der Waals surface area contributed by atoms with Gasteiger partial charge >= 0.3 is 11.9 Å². The first-order valence-corrected chi connectivity index (χ1v) is 8.50. The Kier molecular flexibility index (Phi) is 3.96. The van der Waals surface area contributed by atoms with E-state index in [1.165, 1.54) is 34.9 Å². The van der Waals surface area contributed by atoms with Crippen LogP contribution in [0.2, 0.25) is 0 Å². The van der Waals surface area contributed by atoms with Crippen molar-refractivity contribution in [2.45, 2.75) is 18.2 Å². The molecule has 6 nitrogen and oxygen atoms in total. The van der Waals surface area contributed by atoms with Gasteiger partial charge in [0, 0.05) is 23.1 Å². The smallest absolute Gasteiger partial charge is 0.352 e. The van der Waals surface area contributed by atoms with Gasteiger partial charge in [0.1, 0.15) is 18.2 Å². The van der Waals surface area contributed by atoms with Crippen molar-refractivity contribution in [2.24, 2.45) is 0 Å². The van der Waals surface area contributed by atoms with Crippen LogP contribution >= 0.6 is 23.1 Å². The monoisotopic (exact) mass is 339 g/mol. The summed E-state index contributed by atoms with van der Waals surface area (Å²) in [5.74, 6) is -1.70. The molecule has 3 rings (SSSR count). The highest BCUT2D eigenvalue weighted by Crippen LogP contribution is 2.49. The average molecular weight is 339 g/mol. The molecular formula is C14H13NO5S2. The number of carbonyl (C=O) groups is 3. The molecule has 0 saturated carbocycles. The van der Waals surface area contributed by atoms with Crippen molar-refractivity contribution < 1.29 is 24.2 Å². The van der Waals surface area contributed by atoms with Crippen molar-refractivity contribution in [3.05, 3.63) is 33.7 Å². The third-order valence-corrected chi connectivity index (χ3v) is 5.84. The number of fused-ring (bicyclic) bond motifs is 1. The quantitative estimate of drug-likeness (QED) is 0.663. The fourth-order valence-electron chi connectivity index (χ4n) is 2.58. The average Bonchev–Trinajstić information content (AvgIpc) is 2.97. The Labute approximate surface area is 134 Å². The lowest BCUT2D eigenvalue weighted by Gasteiger charge is -2.49. The van der Waals surface area contributed by atoms with Gasteiger partial charge in [-0.15, -0.1) is 23.1 Å². The Bertz CT molecular complexity index is 667. The minimum Gasteiger partial charge on any atom is -0.477 e. The zero-order valence-corrected chi connectivity index (χ0v) is 13.3. The zero-order valence-electron chi connectivity index (χ0n) is 11.6. The number of carboxylic acids is 1. The van der Waals surface area contributed by atoms with Crippen LogP contribution in [0.3, 0.4) is 0 Å². The van der Waals surface area contributed by atoms with Crippen molar-refractivity contribution in [1.29, 1.82) is 0 Å². The number of carbonyl (C=O) groups excluding carboxylic acids is 2. The summed E-state index contributed by atoms with van der Waals surface area (Å²) >= 11 is 3.00. The molecule has 3 heterocycles. The minimum atomic E-state index is -1.16. The van der Waals surface area contributed by atoms with E-state index < -0.39 is 11.9 Å². The summed E-state index contributed by atoms with van der Waals surface area (Å²) in [4.78, 5) is 37.1. The number of ether oxygens (including phenoxy) is 1. The molecule has 22 heavy (non-hydrogen) atoms. The van der Waals surface area contributed by atoms with Gasteiger partial charge in [-0.1, -0.05) is 6.07 Å². The van der Waals surface area contributed by atoms with Gasteiger partial charge in [0.05, 0.1) is 5.37 Å². The van der Waals surface area contributed by atoms with Crippen molar-refractivity contribution >= 4 is 40.9 Å². The number of β-lactam (4-membered cyclic amide) rings is 1. The largest absolute Gasteiger partial charge is 0.477 e. The molecule has 1 N–H and O–H groups in total. The van der Waals surface area contributed by atoms with E-state index in [1.54, 1.807) is 0 Å². The van der Waals surface area contributed by atoms with Crippen LogP contribution < -0.4 is 0 Å². The van der Waals surface area contributed by atoms with Gasteiger partial charge in [0.15, 0.2) is 0 Å². The third kappa shape index (κ3) is 2.42. The highest BCUT2D eigenvalue weighted by molar-refractivity contribution is 8.00. The molecule has 0 aliphatic carbocycles. The van der Waals surface area contributed by atoms with Crippen LogP contribution in [0, 0.1) is 0 Å². The van der Waals surface area contributed by atoms with Crippen molar-refractivity contribution in [3.8, 4) is 0 Å². The maximum atomic E-state index is 12.4. The highest BCUT2D eigenvalue weighted by atomic mass is 32.2. The molecule has 0 spiro atoms. The lowest BCUT2D eigenvalue weighted by Crippen LogP contribution is -2.59. The third-order valence-electron chi connectivity index (χ3n) is 3.55. The molecule has 1 amide bonds. The summed E-state index contributed by atoms with van der Waals surface area (Å²) in [7, 11) is 0. The number of nitrogens with zero attached hydrogens (tertiary/aromatic N) is 1. The first kappa shape index (κ1) is 15.1. The number of carboxylic acid groups (broad SMARTS) is 1. The van der Waals surface area contributed by atoms with Gasteiger partial charge in [0.2, 0.25) is 5.91 Å². The van der Waals surface area contributed by atoms with Crippen LogP contribution in [-0.4, -0.2) is 45.6 Å². The van der Waals surface area contributed by atoms with Crippen LogP contribution in [0.25, 0.3) is 0 Å². The Morgan fingerprint density at radius 3 is 2.86 bits per heavy atom. The number of hydrogen-bond acceptors (Lipinski definition) is 6. The predicted octanol–water partition coefficient (Wildman–Crippen LogP) is 1.65. The van der Waals surface area contributed by atoms with E-state index >= 15 is 0 Å². The second kappa shape index (κ2) is 5.77. The van der Waals surface area contributed by atoms with E-state index in [-0.39, 0.29) is 29.5 Å². The molecule has 1 saturated heterocycles. The Hall–Kier alpha value is -1.80. The lowest BCUT2D eigenvalue weighted by atomic mass is 9.94. The maximum Gasteiger partial charge on any atom is 0.352 e. The molecule has 0 bridgehead atoms. The number of aliphatic carboxylic acids is 1. The molecule has 2 aliphatic rings. The minimum absolute atomic E-state index is 0.0391. The molecular weight excluding hydrogens is 326 g/mol. The van der Waals surface area contributed by atoms with Gasteiger partial charge in [-0.2, -0.15) is 0 Å². The van der Waals surface area contributed by atoms with E-state index in [1.807, 2.05) is 17.5 Å². The molecule has 0 unspecified atom stereocenters. The van der Waals surface area contributed by atoms with Crippen molar-refractivity contribution in [1.82, 2.24) is 4.90 Å². The number of rotatable bonds is 4. The van der Waals surface area contributed by atoms with Gasteiger partial charge in [-0.3, -0.25) is 14.5 Å². The van der Waals surface area contributed by atoms with Crippen LogP contribution in [0.1, 0.15) is 17.7 Å². The summed E-state index contributed by atoms with van der Waals surface area (Å²) in [6.45, 7) is 1.17. The summed E-state index contributed by atoms with van der Waals surface area (Å²) in [5, 5.41) is 11.1. The Morgan fingerprint density at radius 1 is 1.50 bits per heavy atom. The van der Waals surface area contributed by atoms with Crippen LogP contribution in [-0.2, 0) is 19.1 Å². The second-order valence-corrected chi connectivity index (χ2v) is 7.02. The topological polar surface area (TPSA) is 83.9 Å². The molecule has 2 atom stereocenters. The van der Waals surface area contributed by atoms with Gasteiger partial charge in [-0.25, -0.2) is 4.79 Å². The zero-order chi connectivity index (χ0) is 15.9. The van der Waals surface area contributed by atoms with E-state index in [9.17, 15) is 19.5 Å². The summed E-state index contributed by atoms with van der Waals surface area (Å²) in [6, 6.07) is 3.77. The van der Waals surface area contributed by atoms with E-state index in [4.69, 9.17) is 4.74 Å².